The van der Waals surface area contributed by atoms with Crippen LogP contribution < -0.4 is 9.62 Å². The molecule has 0 aliphatic rings. The summed E-state index contributed by atoms with van der Waals surface area (Å²) < 4.78 is 29.8. The van der Waals surface area contributed by atoms with Crippen molar-refractivity contribution in [2.45, 2.75) is 71.4 Å². The monoisotopic (exact) mass is 639 g/mol. The Morgan fingerprint density at radius 3 is 2.09 bits per heavy atom. The van der Waals surface area contributed by atoms with Gasteiger partial charge in [0.05, 0.1) is 10.6 Å². The van der Waals surface area contributed by atoms with Crippen molar-refractivity contribution < 1.29 is 18.0 Å². The van der Waals surface area contributed by atoms with Gasteiger partial charge in [0.2, 0.25) is 11.8 Å². The number of benzene rings is 4. The molecule has 1 atom stereocenters. The average molecular weight is 640 g/mol. The van der Waals surface area contributed by atoms with Crippen LogP contribution in [0.3, 0.4) is 0 Å². The van der Waals surface area contributed by atoms with Gasteiger partial charge < -0.3 is 10.2 Å². The van der Waals surface area contributed by atoms with Crippen LogP contribution in [0, 0.1) is 27.7 Å². The number of anilines is 1. The minimum absolute atomic E-state index is 0.0921. The number of nitrogens with one attached hydrogen (secondary N) is 1. The third-order valence-corrected chi connectivity index (χ3v) is 9.99. The molecule has 0 aromatic heterocycles. The number of unbranched alkanes of at least 4 members (excludes halogenated alkanes) is 1. The van der Waals surface area contributed by atoms with Gasteiger partial charge in [-0.1, -0.05) is 103 Å². The number of carbonyl (C=O) groups is 2. The van der Waals surface area contributed by atoms with Gasteiger partial charge >= 0.3 is 0 Å². The molecule has 0 bridgehead atoms. The summed E-state index contributed by atoms with van der Waals surface area (Å²) in [5, 5.41) is 3.04. The van der Waals surface area contributed by atoms with Crippen molar-refractivity contribution in [3.63, 3.8) is 0 Å². The van der Waals surface area contributed by atoms with Crippen molar-refractivity contribution in [1.82, 2.24) is 10.2 Å². The maximum absolute atomic E-state index is 14.7. The van der Waals surface area contributed by atoms with Crippen LogP contribution in [0.2, 0.25) is 0 Å². The zero-order valence-electron chi connectivity index (χ0n) is 27.5. The molecule has 0 fully saturated rings. The lowest BCUT2D eigenvalue weighted by molar-refractivity contribution is -0.140. The van der Waals surface area contributed by atoms with Gasteiger partial charge in [-0.05, 0) is 74.6 Å². The number of rotatable bonds is 14. The van der Waals surface area contributed by atoms with E-state index in [1.54, 1.807) is 35.2 Å². The fourth-order valence-corrected chi connectivity index (χ4v) is 6.95. The summed E-state index contributed by atoms with van der Waals surface area (Å²) >= 11 is 0. The highest BCUT2D eigenvalue weighted by Gasteiger charge is 2.35. The topological polar surface area (TPSA) is 86.8 Å². The first-order chi connectivity index (χ1) is 22.0. The minimum Gasteiger partial charge on any atom is -0.354 e. The second-order valence-corrected chi connectivity index (χ2v) is 13.8. The molecule has 4 aromatic carbocycles. The normalized spacial score (nSPS) is 11.9. The summed E-state index contributed by atoms with van der Waals surface area (Å²) in [5.74, 6) is -0.732. The molecule has 7 nitrogen and oxygen atoms in total. The Labute approximate surface area is 274 Å². The summed E-state index contributed by atoms with van der Waals surface area (Å²) in [5.41, 5.74) is 5.82. The van der Waals surface area contributed by atoms with Gasteiger partial charge in [0.15, 0.2) is 0 Å². The third-order valence-electron chi connectivity index (χ3n) is 8.21. The highest BCUT2D eigenvalue weighted by atomic mass is 32.2. The molecule has 0 aliphatic heterocycles. The first kappa shape index (κ1) is 34.4. The Balaban J connectivity index is 1.82. The Hall–Kier alpha value is -4.43. The van der Waals surface area contributed by atoms with Crippen molar-refractivity contribution >= 4 is 27.5 Å². The molecule has 8 heteroatoms. The van der Waals surface area contributed by atoms with Gasteiger partial charge in [-0.2, -0.15) is 0 Å². The van der Waals surface area contributed by atoms with E-state index in [0.29, 0.717) is 12.2 Å². The van der Waals surface area contributed by atoms with E-state index in [2.05, 4.69) is 12.2 Å². The first-order valence-corrected chi connectivity index (χ1v) is 17.3. The van der Waals surface area contributed by atoms with Crippen molar-refractivity contribution in [2.75, 3.05) is 17.4 Å². The Kier molecular flexibility index (Phi) is 11.8. The molecule has 0 saturated heterocycles. The molecular weight excluding hydrogens is 595 g/mol. The van der Waals surface area contributed by atoms with Gasteiger partial charge in [-0.15, -0.1) is 0 Å². The Morgan fingerprint density at radius 2 is 1.43 bits per heavy atom. The third kappa shape index (κ3) is 8.63. The predicted octanol–water partition coefficient (Wildman–Crippen LogP) is 6.67. The van der Waals surface area contributed by atoms with Gasteiger partial charge in [0.1, 0.15) is 12.6 Å². The predicted molar refractivity (Wildman–Crippen MR) is 185 cm³/mol. The standard InChI is InChI=1S/C38H45N3O4S/c1-6-7-23-39-38(43)36(25-32-14-9-8-10-15-32)40(26-33-16-12-11-13-30(33)4)37(42)27-41(35-22-19-29(3)24-31(35)5)46(44,45)34-20-17-28(2)18-21-34/h8-22,24,36H,6-7,23,25-27H2,1-5H3,(H,39,43). The summed E-state index contributed by atoms with van der Waals surface area (Å²) in [6.07, 6.45) is 2.01. The van der Waals surface area contributed by atoms with Crippen molar-refractivity contribution in [1.29, 1.82) is 0 Å². The number of amides is 2. The highest BCUT2D eigenvalue weighted by Crippen LogP contribution is 2.29. The van der Waals surface area contributed by atoms with Crippen LogP contribution in [0.15, 0.2) is 102 Å². The maximum atomic E-state index is 14.7. The molecule has 0 spiro atoms. The lowest BCUT2D eigenvalue weighted by Gasteiger charge is -2.34. The van der Waals surface area contributed by atoms with Crippen LogP contribution in [0.4, 0.5) is 5.69 Å². The smallest absolute Gasteiger partial charge is 0.264 e. The molecule has 1 N–H and O–H groups in total. The zero-order chi connectivity index (χ0) is 33.3. The van der Waals surface area contributed by atoms with E-state index in [9.17, 15) is 18.0 Å². The van der Waals surface area contributed by atoms with Crippen LogP contribution in [-0.4, -0.2) is 44.3 Å². The number of hydrogen-bond acceptors (Lipinski definition) is 4. The molecule has 4 aromatic rings. The summed E-state index contributed by atoms with van der Waals surface area (Å²) in [6, 6.07) is 28.6. The lowest BCUT2D eigenvalue weighted by Crippen LogP contribution is -2.53. The molecule has 2 amide bonds. The SMILES string of the molecule is CCCCNC(=O)C(Cc1ccccc1)N(Cc1ccccc1C)C(=O)CN(c1ccc(C)cc1C)S(=O)(=O)c1ccc(C)cc1. The van der Waals surface area contributed by atoms with E-state index in [1.807, 2.05) is 94.4 Å². The zero-order valence-corrected chi connectivity index (χ0v) is 28.3. The van der Waals surface area contributed by atoms with E-state index in [4.69, 9.17) is 0 Å². The van der Waals surface area contributed by atoms with Crippen LogP contribution in [0.1, 0.15) is 53.1 Å². The summed E-state index contributed by atoms with van der Waals surface area (Å²) in [6.45, 7) is 9.86. The Bertz CT molecular complexity index is 1740. The molecule has 0 aliphatic carbocycles. The van der Waals surface area contributed by atoms with E-state index in [0.717, 1.165) is 46.2 Å². The van der Waals surface area contributed by atoms with E-state index >= 15 is 0 Å². The van der Waals surface area contributed by atoms with Gasteiger partial charge in [-0.3, -0.25) is 13.9 Å². The van der Waals surface area contributed by atoms with Gasteiger partial charge in [-0.25, -0.2) is 8.42 Å². The van der Waals surface area contributed by atoms with Gasteiger partial charge in [0, 0.05) is 19.5 Å². The number of carbonyl (C=O) groups excluding carboxylic acids is 2. The largest absolute Gasteiger partial charge is 0.354 e. The fourth-order valence-electron chi connectivity index (χ4n) is 5.47. The minimum atomic E-state index is -4.15. The second-order valence-electron chi connectivity index (χ2n) is 11.9. The number of nitrogens with zero attached hydrogens (tertiary/aromatic N) is 2. The molecular formula is C38H45N3O4S. The van der Waals surface area contributed by atoms with E-state index in [-0.39, 0.29) is 23.8 Å². The number of aryl methyl sites for hydroxylation is 4. The Morgan fingerprint density at radius 1 is 0.783 bits per heavy atom. The molecule has 4 rings (SSSR count). The number of sulfonamides is 1. The van der Waals surface area contributed by atoms with E-state index in [1.165, 1.54) is 4.31 Å². The van der Waals surface area contributed by atoms with Gasteiger partial charge in [0.25, 0.3) is 10.0 Å². The van der Waals surface area contributed by atoms with Crippen molar-refractivity contribution in [2.24, 2.45) is 0 Å². The quantitative estimate of drug-likeness (QED) is 0.156. The lowest BCUT2D eigenvalue weighted by atomic mass is 10.0. The molecule has 242 valence electrons. The average Bonchev–Trinajstić information content (AvgIpc) is 3.03. The van der Waals surface area contributed by atoms with Crippen LogP contribution in [0.5, 0.6) is 0 Å². The highest BCUT2D eigenvalue weighted by molar-refractivity contribution is 7.92. The number of hydrogen-bond donors (Lipinski definition) is 1. The molecule has 0 saturated carbocycles. The van der Waals surface area contributed by atoms with Crippen LogP contribution in [0.25, 0.3) is 0 Å². The first-order valence-electron chi connectivity index (χ1n) is 15.8. The summed E-state index contributed by atoms with van der Waals surface area (Å²) in [4.78, 5) is 30.2. The molecule has 1 unspecified atom stereocenters. The molecule has 0 radical (unpaired) electrons. The molecule has 0 heterocycles. The fraction of sp³-hybridized carbons (Fsp3) is 0.316. The van der Waals surface area contributed by atoms with Crippen LogP contribution in [-0.2, 0) is 32.6 Å². The van der Waals surface area contributed by atoms with Crippen molar-refractivity contribution in [3.05, 3.63) is 130 Å². The van der Waals surface area contributed by atoms with Crippen molar-refractivity contribution in [3.8, 4) is 0 Å². The molecule has 46 heavy (non-hydrogen) atoms. The van der Waals surface area contributed by atoms with E-state index < -0.39 is 28.5 Å². The maximum Gasteiger partial charge on any atom is 0.264 e. The van der Waals surface area contributed by atoms with Crippen LogP contribution >= 0.6 is 0 Å². The summed E-state index contributed by atoms with van der Waals surface area (Å²) in [7, 11) is -4.15. The second kappa shape index (κ2) is 15.7.